The number of rotatable bonds is 5. The molecule has 2 saturated carbocycles. The van der Waals surface area contributed by atoms with Gasteiger partial charge in [-0.1, -0.05) is 30.7 Å². The van der Waals surface area contributed by atoms with Crippen molar-refractivity contribution in [3.05, 3.63) is 35.4 Å². The average molecular weight is 258 g/mol. The summed E-state index contributed by atoms with van der Waals surface area (Å²) in [7, 11) is 2.26. The van der Waals surface area contributed by atoms with Crippen LogP contribution in [0.1, 0.15) is 49.1 Å². The Balaban J connectivity index is 1.60. The van der Waals surface area contributed by atoms with Gasteiger partial charge in [0.15, 0.2) is 0 Å². The summed E-state index contributed by atoms with van der Waals surface area (Å²) >= 11 is 0. The van der Waals surface area contributed by atoms with Crippen molar-refractivity contribution in [1.82, 2.24) is 4.90 Å². The van der Waals surface area contributed by atoms with E-state index in [-0.39, 0.29) is 0 Å². The maximum atomic E-state index is 5.89. The average Bonchev–Trinajstić information content (AvgIpc) is 3.16. The topological polar surface area (TPSA) is 29.3 Å². The molecule has 0 aliphatic heterocycles. The molecule has 0 spiro atoms. The predicted octanol–water partition coefficient (Wildman–Crippen LogP) is 3.12. The summed E-state index contributed by atoms with van der Waals surface area (Å²) in [5.74, 6) is 1.57. The molecule has 19 heavy (non-hydrogen) atoms. The van der Waals surface area contributed by atoms with Crippen LogP contribution in [0.2, 0.25) is 0 Å². The molecule has 2 atom stereocenters. The fourth-order valence-electron chi connectivity index (χ4n) is 3.59. The molecule has 0 saturated heterocycles. The van der Waals surface area contributed by atoms with Crippen LogP contribution < -0.4 is 5.73 Å². The maximum Gasteiger partial charge on any atom is 0.0233 e. The minimum Gasteiger partial charge on any atom is -0.330 e. The molecule has 2 nitrogen and oxygen atoms in total. The van der Waals surface area contributed by atoms with E-state index in [4.69, 9.17) is 5.73 Å². The lowest BCUT2D eigenvalue weighted by Crippen LogP contribution is -2.37. The predicted molar refractivity (Wildman–Crippen MR) is 80.1 cm³/mol. The third-order valence-electron chi connectivity index (χ3n) is 4.95. The molecule has 2 fully saturated rings. The minimum absolute atomic E-state index is 0.688. The monoisotopic (exact) mass is 258 g/mol. The third-order valence-corrected chi connectivity index (χ3v) is 4.95. The molecule has 1 aromatic rings. The lowest BCUT2D eigenvalue weighted by molar-refractivity contribution is 0.193. The van der Waals surface area contributed by atoms with Crippen LogP contribution in [-0.2, 0) is 6.54 Å². The molecule has 0 bridgehead atoms. The van der Waals surface area contributed by atoms with E-state index in [9.17, 15) is 0 Å². The molecule has 3 rings (SSSR count). The van der Waals surface area contributed by atoms with Crippen LogP contribution in [-0.4, -0.2) is 24.5 Å². The van der Waals surface area contributed by atoms with Crippen LogP contribution in [0.4, 0.5) is 0 Å². The zero-order valence-electron chi connectivity index (χ0n) is 12.0. The Hall–Kier alpha value is -0.860. The van der Waals surface area contributed by atoms with Gasteiger partial charge in [0.1, 0.15) is 0 Å². The quantitative estimate of drug-likeness (QED) is 0.879. The number of hydrogen-bond acceptors (Lipinski definition) is 2. The Morgan fingerprint density at radius 3 is 2.47 bits per heavy atom. The summed E-state index contributed by atoms with van der Waals surface area (Å²) in [6, 6.07) is 9.98. The third kappa shape index (κ3) is 3.01. The van der Waals surface area contributed by atoms with E-state index in [0.717, 1.165) is 19.0 Å². The smallest absolute Gasteiger partial charge is 0.0233 e. The van der Waals surface area contributed by atoms with E-state index in [1.165, 1.54) is 43.2 Å². The van der Waals surface area contributed by atoms with E-state index < -0.39 is 0 Å². The molecule has 0 amide bonds. The van der Waals surface area contributed by atoms with Crippen molar-refractivity contribution in [3.8, 4) is 0 Å². The molecule has 0 radical (unpaired) electrons. The number of hydrogen-bond donors (Lipinski definition) is 1. The second-order valence-corrected chi connectivity index (χ2v) is 6.43. The Kier molecular flexibility index (Phi) is 3.90. The van der Waals surface area contributed by atoms with E-state index in [0.29, 0.717) is 12.0 Å². The van der Waals surface area contributed by atoms with Crippen LogP contribution in [0.5, 0.6) is 0 Å². The zero-order valence-corrected chi connectivity index (χ0v) is 12.0. The molecular formula is C17H26N2. The molecule has 0 aromatic heterocycles. The van der Waals surface area contributed by atoms with Crippen LogP contribution in [0.15, 0.2) is 24.3 Å². The van der Waals surface area contributed by atoms with E-state index in [1.807, 2.05) is 0 Å². The highest BCUT2D eigenvalue weighted by molar-refractivity contribution is 5.28. The first kappa shape index (κ1) is 13.1. The summed E-state index contributed by atoms with van der Waals surface area (Å²) in [6.45, 7) is 1.90. The van der Waals surface area contributed by atoms with Crippen LogP contribution in [0.25, 0.3) is 0 Å². The molecule has 2 N–H and O–H groups in total. The van der Waals surface area contributed by atoms with Gasteiger partial charge in [0.2, 0.25) is 0 Å². The highest BCUT2D eigenvalue weighted by atomic mass is 15.1. The molecule has 0 heterocycles. The summed E-state index contributed by atoms with van der Waals surface area (Å²) in [4.78, 5) is 2.51. The standard InChI is InChI=1S/C17H26N2/c1-19(17-4-2-3-16(17)11-18)12-13-5-7-14(8-6-13)15-9-10-15/h5-8,15-17H,2-4,9-12,18H2,1H3. The fourth-order valence-corrected chi connectivity index (χ4v) is 3.59. The second-order valence-electron chi connectivity index (χ2n) is 6.43. The van der Waals surface area contributed by atoms with Gasteiger partial charge in [-0.25, -0.2) is 0 Å². The van der Waals surface area contributed by atoms with Gasteiger partial charge in [-0.15, -0.1) is 0 Å². The summed E-state index contributed by atoms with van der Waals surface area (Å²) in [6.07, 6.45) is 6.75. The van der Waals surface area contributed by atoms with Crippen LogP contribution in [0.3, 0.4) is 0 Å². The molecule has 2 aliphatic rings. The van der Waals surface area contributed by atoms with Gasteiger partial charge in [0.25, 0.3) is 0 Å². The van der Waals surface area contributed by atoms with E-state index in [2.05, 4.69) is 36.2 Å². The Morgan fingerprint density at radius 1 is 1.11 bits per heavy atom. The van der Waals surface area contributed by atoms with Crippen molar-refractivity contribution >= 4 is 0 Å². The Bertz CT molecular complexity index is 408. The maximum absolute atomic E-state index is 5.89. The van der Waals surface area contributed by atoms with Gasteiger partial charge >= 0.3 is 0 Å². The minimum atomic E-state index is 0.688. The van der Waals surface area contributed by atoms with Crippen LogP contribution in [0, 0.1) is 5.92 Å². The highest BCUT2D eigenvalue weighted by Crippen LogP contribution is 2.40. The van der Waals surface area contributed by atoms with Crippen molar-refractivity contribution < 1.29 is 0 Å². The van der Waals surface area contributed by atoms with Gasteiger partial charge in [-0.3, -0.25) is 4.90 Å². The van der Waals surface area contributed by atoms with E-state index >= 15 is 0 Å². The normalized spacial score (nSPS) is 27.1. The summed E-state index contributed by atoms with van der Waals surface area (Å²) < 4.78 is 0. The number of nitrogens with two attached hydrogens (primary N) is 1. The van der Waals surface area contributed by atoms with Gasteiger partial charge in [-0.2, -0.15) is 0 Å². The molecule has 2 unspecified atom stereocenters. The van der Waals surface area contributed by atoms with Crippen molar-refractivity contribution in [1.29, 1.82) is 0 Å². The van der Waals surface area contributed by atoms with Crippen molar-refractivity contribution in [2.24, 2.45) is 11.7 Å². The van der Waals surface area contributed by atoms with Gasteiger partial charge in [0, 0.05) is 12.6 Å². The largest absolute Gasteiger partial charge is 0.330 e. The Labute approximate surface area is 117 Å². The molecule has 2 heteroatoms. The second kappa shape index (κ2) is 5.64. The first-order valence-corrected chi connectivity index (χ1v) is 7.77. The molecule has 1 aromatic carbocycles. The van der Waals surface area contributed by atoms with Crippen LogP contribution >= 0.6 is 0 Å². The number of nitrogens with zero attached hydrogens (tertiary/aromatic N) is 1. The van der Waals surface area contributed by atoms with Crippen molar-refractivity contribution in [2.75, 3.05) is 13.6 Å². The SMILES string of the molecule is CN(Cc1ccc(C2CC2)cc1)C1CCCC1CN. The molecule has 104 valence electrons. The summed E-state index contributed by atoms with van der Waals surface area (Å²) in [5, 5.41) is 0. The van der Waals surface area contributed by atoms with Gasteiger partial charge < -0.3 is 5.73 Å². The lowest BCUT2D eigenvalue weighted by Gasteiger charge is -2.29. The highest BCUT2D eigenvalue weighted by Gasteiger charge is 2.29. The summed E-state index contributed by atoms with van der Waals surface area (Å²) in [5.41, 5.74) is 8.86. The fraction of sp³-hybridized carbons (Fsp3) is 0.647. The van der Waals surface area contributed by atoms with Crippen molar-refractivity contribution in [2.45, 2.75) is 50.6 Å². The van der Waals surface area contributed by atoms with E-state index in [1.54, 1.807) is 0 Å². The molecule has 2 aliphatic carbocycles. The first-order valence-electron chi connectivity index (χ1n) is 7.77. The van der Waals surface area contributed by atoms with Gasteiger partial charge in [0.05, 0.1) is 0 Å². The zero-order chi connectivity index (χ0) is 13.2. The van der Waals surface area contributed by atoms with Gasteiger partial charge in [-0.05, 0) is 62.2 Å². The Morgan fingerprint density at radius 2 is 1.84 bits per heavy atom. The molecular weight excluding hydrogens is 232 g/mol. The lowest BCUT2D eigenvalue weighted by atomic mass is 10.0. The van der Waals surface area contributed by atoms with Crippen molar-refractivity contribution in [3.63, 3.8) is 0 Å². The first-order chi connectivity index (χ1) is 9.28. The number of benzene rings is 1.